The van der Waals surface area contributed by atoms with Crippen LogP contribution in [0.25, 0.3) is 5.70 Å². The van der Waals surface area contributed by atoms with Gasteiger partial charge in [0.2, 0.25) is 0 Å². The Kier molecular flexibility index (Phi) is 4.59. The molecule has 1 aromatic carbocycles. The van der Waals surface area contributed by atoms with Crippen molar-refractivity contribution in [3.63, 3.8) is 0 Å². The fraction of sp³-hybridized carbons (Fsp3) is 0.333. The van der Waals surface area contributed by atoms with Gasteiger partial charge >= 0.3 is 7.12 Å². The van der Waals surface area contributed by atoms with Crippen LogP contribution in [0, 0.1) is 0 Å². The highest BCUT2D eigenvalue weighted by atomic mass is 16.4. The molecule has 0 atom stereocenters. The molecule has 0 unspecified atom stereocenters. The molecule has 86 valence electrons. The van der Waals surface area contributed by atoms with E-state index < -0.39 is 7.12 Å². The lowest BCUT2D eigenvalue weighted by Crippen LogP contribution is -2.29. The molecule has 0 radical (unpaired) electrons. The molecule has 1 aromatic rings. The Hall–Kier alpha value is -1.26. The summed E-state index contributed by atoms with van der Waals surface area (Å²) in [4.78, 5) is 2.16. The van der Waals surface area contributed by atoms with Crippen molar-refractivity contribution in [1.82, 2.24) is 4.90 Å². The van der Waals surface area contributed by atoms with E-state index in [0.717, 1.165) is 24.4 Å². The molecule has 0 aliphatic heterocycles. The van der Waals surface area contributed by atoms with Crippen molar-refractivity contribution >= 4 is 18.3 Å². The third-order valence-corrected chi connectivity index (χ3v) is 2.69. The molecule has 0 heterocycles. The van der Waals surface area contributed by atoms with Crippen molar-refractivity contribution in [2.45, 2.75) is 13.8 Å². The van der Waals surface area contributed by atoms with E-state index in [0.29, 0.717) is 5.46 Å². The van der Waals surface area contributed by atoms with E-state index >= 15 is 0 Å². The first-order valence-electron chi connectivity index (χ1n) is 5.50. The van der Waals surface area contributed by atoms with Crippen LogP contribution in [-0.4, -0.2) is 35.2 Å². The molecule has 4 heteroatoms. The van der Waals surface area contributed by atoms with Gasteiger partial charge in [0.25, 0.3) is 0 Å². The number of hydrogen-bond donors (Lipinski definition) is 2. The Morgan fingerprint density at radius 3 is 2.06 bits per heavy atom. The van der Waals surface area contributed by atoms with Crippen LogP contribution in [0.5, 0.6) is 0 Å². The van der Waals surface area contributed by atoms with Gasteiger partial charge in [-0.25, -0.2) is 0 Å². The highest BCUT2D eigenvalue weighted by molar-refractivity contribution is 6.58. The second kappa shape index (κ2) is 5.73. The van der Waals surface area contributed by atoms with Crippen molar-refractivity contribution in [1.29, 1.82) is 0 Å². The van der Waals surface area contributed by atoms with E-state index in [1.807, 2.05) is 12.1 Å². The average Bonchev–Trinajstić information content (AvgIpc) is 2.30. The Labute approximate surface area is 97.2 Å². The molecule has 0 aliphatic carbocycles. The molecule has 0 aromatic heterocycles. The van der Waals surface area contributed by atoms with Crippen LogP contribution < -0.4 is 5.46 Å². The largest absolute Gasteiger partial charge is 0.488 e. The minimum Gasteiger partial charge on any atom is -0.423 e. The molecule has 0 spiro atoms. The van der Waals surface area contributed by atoms with Gasteiger partial charge in [0, 0.05) is 18.8 Å². The van der Waals surface area contributed by atoms with Gasteiger partial charge in [-0.1, -0.05) is 30.8 Å². The van der Waals surface area contributed by atoms with Crippen LogP contribution >= 0.6 is 0 Å². The van der Waals surface area contributed by atoms with E-state index in [1.165, 1.54) is 0 Å². The van der Waals surface area contributed by atoms with Crippen LogP contribution in [-0.2, 0) is 0 Å². The summed E-state index contributed by atoms with van der Waals surface area (Å²) in [5.41, 5.74) is 2.47. The number of hydrogen-bond acceptors (Lipinski definition) is 3. The summed E-state index contributed by atoms with van der Waals surface area (Å²) >= 11 is 0. The lowest BCUT2D eigenvalue weighted by Gasteiger charge is -2.23. The first-order chi connectivity index (χ1) is 7.60. The number of rotatable bonds is 5. The zero-order valence-corrected chi connectivity index (χ0v) is 9.85. The normalized spacial score (nSPS) is 10.0. The maximum atomic E-state index is 8.98. The predicted molar refractivity (Wildman–Crippen MR) is 68.2 cm³/mol. The second-order valence-corrected chi connectivity index (χ2v) is 3.61. The van der Waals surface area contributed by atoms with E-state index in [9.17, 15) is 0 Å². The molecular formula is C12H18BNO2. The zero-order valence-electron chi connectivity index (χ0n) is 9.85. The fourth-order valence-electron chi connectivity index (χ4n) is 1.64. The minimum atomic E-state index is -1.41. The van der Waals surface area contributed by atoms with Crippen LogP contribution in [0.3, 0.4) is 0 Å². The zero-order chi connectivity index (χ0) is 12.1. The quantitative estimate of drug-likeness (QED) is 0.715. The van der Waals surface area contributed by atoms with Crippen molar-refractivity contribution in [3.8, 4) is 0 Å². The molecule has 0 amide bonds. The molecule has 0 aliphatic rings. The van der Waals surface area contributed by atoms with E-state index in [1.54, 1.807) is 12.1 Å². The van der Waals surface area contributed by atoms with Gasteiger partial charge in [-0.15, -0.1) is 0 Å². The number of benzene rings is 1. The van der Waals surface area contributed by atoms with Gasteiger partial charge in [0.1, 0.15) is 0 Å². The summed E-state index contributed by atoms with van der Waals surface area (Å²) in [6.45, 7) is 10.0. The fourth-order valence-corrected chi connectivity index (χ4v) is 1.64. The van der Waals surface area contributed by atoms with Gasteiger partial charge in [-0.3, -0.25) is 0 Å². The summed E-state index contributed by atoms with van der Waals surface area (Å²) in [7, 11) is -1.41. The van der Waals surface area contributed by atoms with Crippen LogP contribution in [0.2, 0.25) is 0 Å². The second-order valence-electron chi connectivity index (χ2n) is 3.61. The standard InChI is InChI=1S/C12H18BNO2/c1-4-14(5-2)10(3)11-6-8-12(9-7-11)13(15)16/h6-9,15-16H,3-5H2,1-2H3. The predicted octanol–water partition coefficient (Wildman–Crippen LogP) is 0.679. The van der Waals surface area contributed by atoms with Crippen molar-refractivity contribution < 1.29 is 10.0 Å². The molecule has 0 fully saturated rings. The van der Waals surface area contributed by atoms with E-state index in [-0.39, 0.29) is 0 Å². The van der Waals surface area contributed by atoms with Crippen LogP contribution in [0.15, 0.2) is 30.8 Å². The topological polar surface area (TPSA) is 43.7 Å². The van der Waals surface area contributed by atoms with Gasteiger partial charge in [0.05, 0.1) is 0 Å². The summed E-state index contributed by atoms with van der Waals surface area (Å²) in [5, 5.41) is 18.0. The maximum Gasteiger partial charge on any atom is 0.488 e. The smallest absolute Gasteiger partial charge is 0.423 e. The minimum absolute atomic E-state index is 0.496. The summed E-state index contributed by atoms with van der Waals surface area (Å²) in [5.74, 6) is 0. The highest BCUT2D eigenvalue weighted by Crippen LogP contribution is 2.15. The van der Waals surface area contributed by atoms with E-state index in [4.69, 9.17) is 10.0 Å². The first-order valence-corrected chi connectivity index (χ1v) is 5.50. The monoisotopic (exact) mass is 219 g/mol. The average molecular weight is 219 g/mol. The Morgan fingerprint density at radius 2 is 1.69 bits per heavy atom. The van der Waals surface area contributed by atoms with Crippen LogP contribution in [0.1, 0.15) is 19.4 Å². The highest BCUT2D eigenvalue weighted by Gasteiger charge is 2.11. The lowest BCUT2D eigenvalue weighted by atomic mass is 9.80. The molecule has 0 saturated carbocycles. The third kappa shape index (κ3) is 2.87. The van der Waals surface area contributed by atoms with Gasteiger partial charge in [0.15, 0.2) is 0 Å². The third-order valence-electron chi connectivity index (χ3n) is 2.69. The summed E-state index contributed by atoms with van der Waals surface area (Å²) in [6, 6.07) is 7.12. The molecule has 0 saturated heterocycles. The van der Waals surface area contributed by atoms with Crippen LogP contribution in [0.4, 0.5) is 0 Å². The first kappa shape index (κ1) is 12.8. The number of nitrogens with zero attached hydrogens (tertiary/aromatic N) is 1. The van der Waals surface area contributed by atoms with Gasteiger partial charge < -0.3 is 14.9 Å². The van der Waals surface area contributed by atoms with Gasteiger partial charge in [-0.2, -0.15) is 0 Å². The molecule has 0 bridgehead atoms. The maximum absolute atomic E-state index is 8.98. The molecule has 2 N–H and O–H groups in total. The van der Waals surface area contributed by atoms with Crippen molar-refractivity contribution in [2.24, 2.45) is 0 Å². The molecule has 16 heavy (non-hydrogen) atoms. The molecule has 1 rings (SSSR count). The van der Waals surface area contributed by atoms with E-state index in [2.05, 4.69) is 25.3 Å². The Bertz CT molecular complexity index is 345. The molecule has 3 nitrogen and oxygen atoms in total. The van der Waals surface area contributed by atoms with Gasteiger partial charge in [-0.05, 0) is 24.9 Å². The lowest BCUT2D eigenvalue weighted by molar-refractivity contribution is 0.425. The SMILES string of the molecule is C=C(c1ccc(B(O)O)cc1)N(CC)CC. The summed E-state index contributed by atoms with van der Waals surface area (Å²) < 4.78 is 0. The Morgan fingerprint density at radius 1 is 1.19 bits per heavy atom. The summed E-state index contributed by atoms with van der Waals surface area (Å²) in [6.07, 6.45) is 0. The Balaban J connectivity index is 2.85. The van der Waals surface area contributed by atoms with Crippen molar-refractivity contribution in [2.75, 3.05) is 13.1 Å². The van der Waals surface area contributed by atoms with Crippen molar-refractivity contribution in [3.05, 3.63) is 36.4 Å². The molecular weight excluding hydrogens is 201 g/mol.